The maximum atomic E-state index is 12.3. The summed E-state index contributed by atoms with van der Waals surface area (Å²) < 4.78 is 7.10. The fourth-order valence-electron chi connectivity index (χ4n) is 3.15. The van der Waals surface area contributed by atoms with Gasteiger partial charge >= 0.3 is 0 Å². The molecule has 2 aromatic carbocycles. The molecular weight excluding hydrogens is 360 g/mol. The molecule has 0 bridgehead atoms. The lowest BCUT2D eigenvalue weighted by Gasteiger charge is -2.13. The van der Waals surface area contributed by atoms with E-state index in [1.165, 1.54) is 11.8 Å². The van der Waals surface area contributed by atoms with E-state index in [4.69, 9.17) is 14.7 Å². The number of hydrogen-bond acceptors (Lipinski definition) is 5. The van der Waals surface area contributed by atoms with Crippen molar-refractivity contribution < 1.29 is 9.53 Å². The maximum absolute atomic E-state index is 12.3. The number of carbonyl (C=O) groups is 1. The van der Waals surface area contributed by atoms with E-state index in [-0.39, 0.29) is 17.7 Å². The number of rotatable bonds is 6. The maximum Gasteiger partial charge on any atom is 0.230 e. The second kappa shape index (κ2) is 7.54. The zero-order chi connectivity index (χ0) is 18.8. The molecule has 4 aromatic rings. The van der Waals surface area contributed by atoms with Crippen LogP contribution in [-0.4, -0.2) is 45.8 Å². The Morgan fingerprint density at radius 3 is 2.70 bits per heavy atom. The van der Waals surface area contributed by atoms with E-state index in [1.54, 1.807) is 7.11 Å². The number of aromatic nitrogens is 3. The van der Waals surface area contributed by atoms with E-state index in [1.807, 2.05) is 59.9 Å². The lowest BCUT2D eigenvalue weighted by molar-refractivity contribution is -0.119. The topological polar surface area (TPSA) is 68.5 Å². The van der Waals surface area contributed by atoms with Gasteiger partial charge in [0.25, 0.3) is 0 Å². The molecule has 0 unspecified atom stereocenters. The fraction of sp³-hybridized carbons (Fsp3) is 0.250. The molecule has 0 aliphatic heterocycles. The Morgan fingerprint density at radius 1 is 1.15 bits per heavy atom. The number of amides is 1. The molecule has 0 spiro atoms. The minimum absolute atomic E-state index is 0.0262. The zero-order valence-electron chi connectivity index (χ0n) is 15.2. The summed E-state index contributed by atoms with van der Waals surface area (Å²) in [6.07, 6.45) is 0. The molecule has 2 aromatic heterocycles. The van der Waals surface area contributed by atoms with Gasteiger partial charge in [0.15, 0.2) is 5.16 Å². The minimum Gasteiger partial charge on any atom is -0.383 e. The molecule has 1 amide bonds. The number of nitrogens with one attached hydrogen (secondary N) is 1. The highest BCUT2D eigenvalue weighted by Crippen LogP contribution is 2.28. The van der Waals surface area contributed by atoms with Crippen LogP contribution in [0.5, 0.6) is 0 Å². The van der Waals surface area contributed by atoms with Crippen LogP contribution in [0.2, 0.25) is 0 Å². The summed E-state index contributed by atoms with van der Waals surface area (Å²) in [5.41, 5.74) is 3.63. The van der Waals surface area contributed by atoms with Crippen LogP contribution in [0.15, 0.2) is 53.7 Å². The third kappa shape index (κ3) is 3.48. The molecule has 7 heteroatoms. The smallest absolute Gasteiger partial charge is 0.230 e. The van der Waals surface area contributed by atoms with Gasteiger partial charge in [-0.25, -0.2) is 9.97 Å². The number of methoxy groups -OCH3 is 1. The molecule has 0 saturated carbocycles. The Labute approximate surface area is 160 Å². The van der Waals surface area contributed by atoms with E-state index >= 15 is 0 Å². The zero-order valence-corrected chi connectivity index (χ0v) is 16.0. The van der Waals surface area contributed by atoms with Gasteiger partial charge in [0.05, 0.1) is 28.9 Å². The average molecular weight is 380 g/mol. The summed E-state index contributed by atoms with van der Waals surface area (Å²) in [6.45, 7) is 2.41. The highest BCUT2D eigenvalue weighted by Gasteiger charge is 2.15. The molecule has 2 heterocycles. The molecule has 1 N–H and O–H groups in total. The highest BCUT2D eigenvalue weighted by atomic mass is 32.2. The lowest BCUT2D eigenvalue weighted by atomic mass is 10.2. The van der Waals surface area contributed by atoms with Crippen molar-refractivity contribution in [3.8, 4) is 0 Å². The predicted octanol–water partition coefficient (Wildman–Crippen LogP) is 3.28. The molecule has 0 aliphatic rings. The Bertz CT molecular complexity index is 1130. The van der Waals surface area contributed by atoms with Crippen LogP contribution < -0.4 is 5.32 Å². The van der Waals surface area contributed by atoms with Crippen LogP contribution in [0.3, 0.4) is 0 Å². The number of imidazole rings is 1. The number of hydrogen-bond donors (Lipinski definition) is 1. The molecule has 0 aliphatic carbocycles. The van der Waals surface area contributed by atoms with Crippen LogP contribution in [0.4, 0.5) is 0 Å². The van der Waals surface area contributed by atoms with E-state index in [0.29, 0.717) is 6.61 Å². The van der Waals surface area contributed by atoms with Crippen LogP contribution in [0, 0.1) is 0 Å². The van der Waals surface area contributed by atoms with Crippen LogP contribution in [-0.2, 0) is 9.53 Å². The summed E-state index contributed by atoms with van der Waals surface area (Å²) in [6, 6.07) is 15.9. The number of carbonyl (C=O) groups excluding carboxylic acids is 1. The fourth-order valence-corrected chi connectivity index (χ4v) is 3.97. The first-order chi connectivity index (χ1) is 13.2. The molecular formula is C20H20N4O2S. The summed E-state index contributed by atoms with van der Waals surface area (Å²) in [5, 5.41) is 4.68. The second-order valence-corrected chi connectivity index (χ2v) is 7.33. The number of fused-ring (bicyclic) bond motifs is 5. The van der Waals surface area contributed by atoms with E-state index in [9.17, 15) is 4.79 Å². The molecule has 0 saturated heterocycles. The van der Waals surface area contributed by atoms with Crippen molar-refractivity contribution in [2.75, 3.05) is 19.5 Å². The van der Waals surface area contributed by atoms with Gasteiger partial charge in [-0.3, -0.25) is 9.20 Å². The van der Waals surface area contributed by atoms with Crippen LogP contribution >= 0.6 is 11.8 Å². The van der Waals surface area contributed by atoms with Gasteiger partial charge in [-0.1, -0.05) is 36.0 Å². The number of benzene rings is 2. The number of ether oxygens (including phenoxy) is 1. The molecule has 6 nitrogen and oxygen atoms in total. The summed E-state index contributed by atoms with van der Waals surface area (Å²) in [4.78, 5) is 21.9. The third-order valence-corrected chi connectivity index (χ3v) is 5.21. The van der Waals surface area contributed by atoms with Crippen molar-refractivity contribution in [1.82, 2.24) is 19.7 Å². The van der Waals surface area contributed by atoms with Crippen molar-refractivity contribution in [1.29, 1.82) is 0 Å². The Morgan fingerprint density at radius 2 is 1.89 bits per heavy atom. The van der Waals surface area contributed by atoms with E-state index in [0.717, 1.165) is 32.7 Å². The lowest BCUT2D eigenvalue weighted by Crippen LogP contribution is -2.36. The number of nitrogens with zero attached hydrogens (tertiary/aromatic N) is 3. The van der Waals surface area contributed by atoms with Crippen LogP contribution in [0.25, 0.3) is 27.6 Å². The van der Waals surface area contributed by atoms with Crippen molar-refractivity contribution in [3.05, 3.63) is 48.5 Å². The SMILES string of the molecule is COC[C@@H](C)NC(=O)CSc1nc2ccccc2c2nc3ccccc3n12. The molecule has 27 heavy (non-hydrogen) atoms. The molecule has 0 radical (unpaired) electrons. The third-order valence-electron chi connectivity index (χ3n) is 4.27. The summed E-state index contributed by atoms with van der Waals surface area (Å²) in [7, 11) is 1.62. The summed E-state index contributed by atoms with van der Waals surface area (Å²) >= 11 is 1.41. The Balaban J connectivity index is 1.73. The normalized spacial score (nSPS) is 12.7. The summed E-state index contributed by atoms with van der Waals surface area (Å²) in [5.74, 6) is 0.234. The van der Waals surface area contributed by atoms with Crippen molar-refractivity contribution in [3.63, 3.8) is 0 Å². The average Bonchev–Trinajstić information content (AvgIpc) is 3.06. The largest absolute Gasteiger partial charge is 0.383 e. The van der Waals surface area contributed by atoms with Crippen molar-refractivity contribution >= 4 is 45.3 Å². The van der Waals surface area contributed by atoms with E-state index in [2.05, 4.69) is 5.32 Å². The van der Waals surface area contributed by atoms with Crippen LogP contribution in [0.1, 0.15) is 6.92 Å². The monoisotopic (exact) mass is 380 g/mol. The first kappa shape index (κ1) is 17.8. The van der Waals surface area contributed by atoms with Gasteiger partial charge in [-0.05, 0) is 31.2 Å². The standard InChI is InChI=1S/C20H20N4O2S/c1-13(11-26-2)21-18(25)12-27-20-23-15-8-4-3-7-14(15)19-22-16-9-5-6-10-17(16)24(19)20/h3-10,13H,11-12H2,1-2H3,(H,21,25)/t13-/m1/s1. The highest BCUT2D eigenvalue weighted by molar-refractivity contribution is 7.99. The van der Waals surface area contributed by atoms with Gasteiger partial charge in [-0.2, -0.15) is 0 Å². The van der Waals surface area contributed by atoms with Gasteiger partial charge < -0.3 is 10.1 Å². The Hall–Kier alpha value is -2.64. The first-order valence-electron chi connectivity index (χ1n) is 8.74. The molecule has 0 fully saturated rings. The second-order valence-electron chi connectivity index (χ2n) is 6.38. The molecule has 1 atom stereocenters. The number of para-hydroxylation sites is 3. The van der Waals surface area contributed by atoms with Gasteiger partial charge in [-0.15, -0.1) is 0 Å². The van der Waals surface area contributed by atoms with Gasteiger partial charge in [0.2, 0.25) is 5.91 Å². The minimum atomic E-state index is -0.0444. The van der Waals surface area contributed by atoms with Crippen molar-refractivity contribution in [2.45, 2.75) is 18.1 Å². The predicted molar refractivity (Wildman–Crippen MR) is 108 cm³/mol. The van der Waals surface area contributed by atoms with Gasteiger partial charge in [0.1, 0.15) is 5.65 Å². The molecule has 138 valence electrons. The quantitative estimate of drug-likeness (QED) is 0.411. The number of thioether (sulfide) groups is 1. The molecule has 4 rings (SSSR count). The van der Waals surface area contributed by atoms with E-state index < -0.39 is 0 Å². The van der Waals surface area contributed by atoms with Gasteiger partial charge in [0, 0.05) is 18.5 Å². The Kier molecular flexibility index (Phi) is 4.96. The van der Waals surface area contributed by atoms with Crippen molar-refractivity contribution in [2.24, 2.45) is 0 Å². The first-order valence-corrected chi connectivity index (χ1v) is 9.73.